The first-order valence-corrected chi connectivity index (χ1v) is 10.7. The molecule has 2 amide bonds. The molecule has 2 aliphatic rings. The van der Waals surface area contributed by atoms with Gasteiger partial charge in [-0.05, 0) is 43.2 Å². The van der Waals surface area contributed by atoms with E-state index in [2.05, 4.69) is 17.9 Å². The summed E-state index contributed by atoms with van der Waals surface area (Å²) in [7, 11) is 1.83. The predicted molar refractivity (Wildman–Crippen MR) is 118 cm³/mol. The van der Waals surface area contributed by atoms with E-state index < -0.39 is 0 Å². The molecule has 0 spiro atoms. The van der Waals surface area contributed by atoms with Crippen molar-refractivity contribution in [3.8, 4) is 5.75 Å². The molecule has 6 nitrogen and oxygen atoms in total. The average molecular weight is 408 g/mol. The van der Waals surface area contributed by atoms with Crippen LogP contribution in [-0.4, -0.2) is 56.0 Å². The highest BCUT2D eigenvalue weighted by atomic mass is 16.5. The molecular weight excluding hydrogens is 378 g/mol. The van der Waals surface area contributed by atoms with Crippen LogP contribution in [0.25, 0.3) is 0 Å². The minimum absolute atomic E-state index is 0.0580. The summed E-state index contributed by atoms with van der Waals surface area (Å²) >= 11 is 0. The molecule has 2 heterocycles. The van der Waals surface area contributed by atoms with Gasteiger partial charge in [0.05, 0.1) is 25.2 Å². The standard InChI is InChI=1S/C24H29N3O3/c1-3-26-17-20(30-22-8-5-4-7-21(22)26)16-25(2)24(29)15-18-10-12-19(13-11-18)27-14-6-9-23(27)28/h4-5,7-8,10-13,20H,3,6,9,14-17H2,1-2H3/t20-/m1/s1. The maximum absolute atomic E-state index is 12.8. The molecule has 0 aliphatic carbocycles. The molecule has 2 aromatic rings. The molecule has 6 heteroatoms. The Balaban J connectivity index is 1.34. The first-order chi connectivity index (χ1) is 14.5. The minimum atomic E-state index is -0.0580. The van der Waals surface area contributed by atoms with Crippen LogP contribution in [-0.2, 0) is 16.0 Å². The zero-order valence-corrected chi connectivity index (χ0v) is 17.7. The zero-order valence-electron chi connectivity index (χ0n) is 17.7. The third-order valence-corrected chi connectivity index (χ3v) is 5.89. The van der Waals surface area contributed by atoms with Crippen molar-refractivity contribution in [1.29, 1.82) is 0 Å². The molecule has 0 unspecified atom stereocenters. The second-order valence-electron chi connectivity index (χ2n) is 8.01. The number of nitrogens with zero attached hydrogens (tertiary/aromatic N) is 3. The zero-order chi connectivity index (χ0) is 21.1. The van der Waals surface area contributed by atoms with Gasteiger partial charge in [-0.3, -0.25) is 9.59 Å². The van der Waals surface area contributed by atoms with Crippen molar-refractivity contribution < 1.29 is 14.3 Å². The number of anilines is 2. The van der Waals surface area contributed by atoms with Crippen LogP contribution < -0.4 is 14.5 Å². The summed E-state index contributed by atoms with van der Waals surface area (Å²) in [6.07, 6.45) is 1.81. The van der Waals surface area contributed by atoms with Crippen molar-refractivity contribution in [2.75, 3.05) is 43.0 Å². The number of carbonyl (C=O) groups is 2. The summed E-state index contributed by atoms with van der Waals surface area (Å²) in [5.74, 6) is 1.11. The van der Waals surface area contributed by atoms with E-state index in [-0.39, 0.29) is 17.9 Å². The number of para-hydroxylation sites is 2. The molecule has 0 radical (unpaired) electrons. The van der Waals surface area contributed by atoms with Gasteiger partial charge in [0.1, 0.15) is 11.9 Å². The number of hydrogen-bond acceptors (Lipinski definition) is 4. The summed E-state index contributed by atoms with van der Waals surface area (Å²) in [6.45, 7) is 5.13. The Morgan fingerprint density at radius 2 is 1.93 bits per heavy atom. The highest BCUT2D eigenvalue weighted by Crippen LogP contribution is 2.33. The highest BCUT2D eigenvalue weighted by Gasteiger charge is 2.27. The quantitative estimate of drug-likeness (QED) is 0.738. The van der Waals surface area contributed by atoms with E-state index in [4.69, 9.17) is 4.74 Å². The first kappa shape index (κ1) is 20.3. The van der Waals surface area contributed by atoms with Gasteiger partial charge < -0.3 is 19.4 Å². The van der Waals surface area contributed by atoms with Crippen LogP contribution in [0.15, 0.2) is 48.5 Å². The fourth-order valence-corrected chi connectivity index (χ4v) is 4.21. The first-order valence-electron chi connectivity index (χ1n) is 10.7. The molecule has 30 heavy (non-hydrogen) atoms. The molecule has 2 aromatic carbocycles. The number of benzene rings is 2. The van der Waals surface area contributed by atoms with E-state index in [9.17, 15) is 9.59 Å². The van der Waals surface area contributed by atoms with Gasteiger partial charge in [0.2, 0.25) is 11.8 Å². The summed E-state index contributed by atoms with van der Waals surface area (Å²) in [5.41, 5.74) is 2.98. The molecule has 4 rings (SSSR count). The topological polar surface area (TPSA) is 53.1 Å². The van der Waals surface area contributed by atoms with E-state index in [1.165, 1.54) is 0 Å². The van der Waals surface area contributed by atoms with Crippen LogP contribution in [0.2, 0.25) is 0 Å². The average Bonchev–Trinajstić information content (AvgIpc) is 3.19. The second-order valence-corrected chi connectivity index (χ2v) is 8.01. The van der Waals surface area contributed by atoms with E-state index in [0.29, 0.717) is 19.4 Å². The SMILES string of the molecule is CCN1C[C@@H](CN(C)C(=O)Cc2ccc(N3CCCC3=O)cc2)Oc2ccccc21. The Kier molecular flexibility index (Phi) is 5.93. The molecule has 1 atom stereocenters. The Labute approximate surface area is 178 Å². The lowest BCUT2D eigenvalue weighted by Gasteiger charge is -2.37. The lowest BCUT2D eigenvalue weighted by atomic mass is 10.1. The molecule has 0 N–H and O–H groups in total. The van der Waals surface area contributed by atoms with Crippen LogP contribution in [0.5, 0.6) is 5.75 Å². The van der Waals surface area contributed by atoms with Crippen LogP contribution in [0.4, 0.5) is 11.4 Å². The van der Waals surface area contributed by atoms with Gasteiger partial charge in [-0.1, -0.05) is 24.3 Å². The van der Waals surface area contributed by atoms with Crippen molar-refractivity contribution in [2.45, 2.75) is 32.3 Å². The molecule has 2 aliphatic heterocycles. The maximum Gasteiger partial charge on any atom is 0.227 e. The molecule has 1 saturated heterocycles. The Morgan fingerprint density at radius 3 is 2.63 bits per heavy atom. The van der Waals surface area contributed by atoms with E-state index in [1.54, 1.807) is 4.90 Å². The van der Waals surface area contributed by atoms with Gasteiger partial charge in [0, 0.05) is 32.2 Å². The second kappa shape index (κ2) is 8.78. The van der Waals surface area contributed by atoms with Crippen LogP contribution in [0.3, 0.4) is 0 Å². The van der Waals surface area contributed by atoms with Crippen LogP contribution in [0, 0.1) is 0 Å². The van der Waals surface area contributed by atoms with Gasteiger partial charge in [0.15, 0.2) is 0 Å². The van der Waals surface area contributed by atoms with E-state index in [0.717, 1.165) is 48.7 Å². The number of hydrogen-bond donors (Lipinski definition) is 0. The molecule has 0 bridgehead atoms. The largest absolute Gasteiger partial charge is 0.485 e. The predicted octanol–water partition coefficient (Wildman–Crippen LogP) is 3.10. The van der Waals surface area contributed by atoms with E-state index in [1.807, 2.05) is 54.4 Å². The summed E-state index contributed by atoms with van der Waals surface area (Å²) in [6, 6.07) is 15.8. The monoisotopic (exact) mass is 407 g/mol. The lowest BCUT2D eigenvalue weighted by molar-refractivity contribution is -0.130. The number of amides is 2. The molecule has 0 aromatic heterocycles. The Bertz CT molecular complexity index is 912. The lowest BCUT2D eigenvalue weighted by Crippen LogP contribution is -2.47. The van der Waals surface area contributed by atoms with Crippen molar-refractivity contribution in [3.05, 3.63) is 54.1 Å². The third-order valence-electron chi connectivity index (χ3n) is 5.89. The van der Waals surface area contributed by atoms with Gasteiger partial charge in [-0.2, -0.15) is 0 Å². The van der Waals surface area contributed by atoms with Gasteiger partial charge in [-0.25, -0.2) is 0 Å². The number of ether oxygens (including phenoxy) is 1. The highest BCUT2D eigenvalue weighted by molar-refractivity contribution is 5.95. The van der Waals surface area contributed by atoms with Crippen LogP contribution in [0.1, 0.15) is 25.3 Å². The van der Waals surface area contributed by atoms with Crippen molar-refractivity contribution >= 4 is 23.2 Å². The van der Waals surface area contributed by atoms with Crippen molar-refractivity contribution in [3.63, 3.8) is 0 Å². The number of rotatable bonds is 6. The van der Waals surface area contributed by atoms with Crippen molar-refractivity contribution in [1.82, 2.24) is 4.90 Å². The Hall–Kier alpha value is -3.02. The third kappa shape index (κ3) is 4.27. The van der Waals surface area contributed by atoms with Gasteiger partial charge in [-0.15, -0.1) is 0 Å². The fourth-order valence-electron chi connectivity index (χ4n) is 4.21. The molecule has 0 saturated carbocycles. The normalized spacial score (nSPS) is 18.2. The summed E-state index contributed by atoms with van der Waals surface area (Å²) in [4.78, 5) is 30.5. The fraction of sp³-hybridized carbons (Fsp3) is 0.417. The number of carbonyl (C=O) groups excluding carboxylic acids is 2. The number of likely N-dealkylation sites (N-methyl/N-ethyl adjacent to an activating group) is 2. The van der Waals surface area contributed by atoms with Gasteiger partial charge >= 0.3 is 0 Å². The smallest absolute Gasteiger partial charge is 0.227 e. The number of fused-ring (bicyclic) bond motifs is 1. The minimum Gasteiger partial charge on any atom is -0.485 e. The van der Waals surface area contributed by atoms with Crippen molar-refractivity contribution in [2.24, 2.45) is 0 Å². The molecule has 1 fully saturated rings. The summed E-state index contributed by atoms with van der Waals surface area (Å²) < 4.78 is 6.14. The molecular formula is C24H29N3O3. The molecule has 158 valence electrons. The van der Waals surface area contributed by atoms with E-state index >= 15 is 0 Å². The van der Waals surface area contributed by atoms with Gasteiger partial charge in [0.25, 0.3) is 0 Å². The Morgan fingerprint density at radius 1 is 1.17 bits per heavy atom. The summed E-state index contributed by atoms with van der Waals surface area (Å²) in [5, 5.41) is 0. The van der Waals surface area contributed by atoms with Crippen LogP contribution >= 0.6 is 0 Å². The maximum atomic E-state index is 12.8.